The normalized spacial score (nSPS) is 16.2. The van der Waals surface area contributed by atoms with E-state index in [1.807, 2.05) is 53.7 Å². The summed E-state index contributed by atoms with van der Waals surface area (Å²) in [7, 11) is 0. The molecule has 5 heteroatoms. The smallest absolute Gasteiger partial charge is 0.363 e. The lowest BCUT2D eigenvalue weighted by molar-refractivity contribution is -0.129. The molecule has 29 heavy (non-hydrogen) atoms. The summed E-state index contributed by atoms with van der Waals surface area (Å²) in [4.78, 5) is 16.8. The second-order valence-corrected chi connectivity index (χ2v) is 9.74. The van der Waals surface area contributed by atoms with Crippen LogP contribution in [-0.4, -0.2) is 17.0 Å². The van der Waals surface area contributed by atoms with Gasteiger partial charge in [0.2, 0.25) is 5.90 Å². The van der Waals surface area contributed by atoms with Gasteiger partial charge in [-0.15, -0.1) is 0 Å². The Morgan fingerprint density at radius 1 is 0.966 bits per heavy atom. The lowest BCUT2D eigenvalue weighted by atomic mass is 9.78. The van der Waals surface area contributed by atoms with Crippen molar-refractivity contribution in [2.45, 2.75) is 52.4 Å². The van der Waals surface area contributed by atoms with Crippen molar-refractivity contribution in [1.82, 2.24) is 0 Å². The molecule has 0 aliphatic carbocycles. The van der Waals surface area contributed by atoms with E-state index in [0.29, 0.717) is 16.3 Å². The monoisotopic (exact) mass is 411 g/mol. The number of hydrogen-bond acceptors (Lipinski definition) is 4. The van der Waals surface area contributed by atoms with Crippen LogP contribution in [0, 0.1) is 0 Å². The molecule has 1 N–H and O–H groups in total. The second kappa shape index (κ2) is 7.34. The Hall–Kier alpha value is -2.59. The van der Waals surface area contributed by atoms with E-state index in [1.165, 1.54) is 0 Å². The van der Waals surface area contributed by atoms with Crippen LogP contribution in [0.15, 0.2) is 47.1 Å². The fourth-order valence-electron chi connectivity index (χ4n) is 3.17. The first-order valence-electron chi connectivity index (χ1n) is 9.53. The van der Waals surface area contributed by atoms with E-state index in [-0.39, 0.29) is 22.4 Å². The fourth-order valence-corrected chi connectivity index (χ4v) is 3.29. The summed E-state index contributed by atoms with van der Waals surface area (Å²) in [5.41, 5.74) is 2.84. The maximum Gasteiger partial charge on any atom is 0.363 e. The van der Waals surface area contributed by atoms with Gasteiger partial charge < -0.3 is 9.84 Å². The van der Waals surface area contributed by atoms with Crippen LogP contribution in [-0.2, 0) is 20.4 Å². The summed E-state index contributed by atoms with van der Waals surface area (Å²) in [6.07, 6.45) is 1.70. The van der Waals surface area contributed by atoms with Crippen LogP contribution >= 0.6 is 11.6 Å². The molecule has 0 amide bonds. The number of hydrogen-bond donors (Lipinski definition) is 1. The number of aliphatic imine (C=N–C) groups is 1. The molecule has 1 aliphatic heterocycles. The number of carbonyl (C=O) groups is 1. The van der Waals surface area contributed by atoms with E-state index in [2.05, 4.69) is 4.99 Å². The van der Waals surface area contributed by atoms with Crippen molar-refractivity contribution in [3.63, 3.8) is 0 Å². The molecule has 0 saturated carbocycles. The summed E-state index contributed by atoms with van der Waals surface area (Å²) in [6, 6.07) is 10.8. The van der Waals surface area contributed by atoms with Crippen molar-refractivity contribution in [3.05, 3.63) is 69.4 Å². The Morgan fingerprint density at radius 3 is 1.97 bits per heavy atom. The van der Waals surface area contributed by atoms with E-state index in [1.54, 1.807) is 30.3 Å². The maximum atomic E-state index is 12.4. The number of benzene rings is 2. The molecule has 0 spiro atoms. The van der Waals surface area contributed by atoms with E-state index in [9.17, 15) is 9.90 Å². The molecule has 152 valence electrons. The lowest BCUT2D eigenvalue weighted by Crippen LogP contribution is -2.17. The van der Waals surface area contributed by atoms with Crippen LogP contribution in [0.3, 0.4) is 0 Å². The minimum Gasteiger partial charge on any atom is -0.507 e. The van der Waals surface area contributed by atoms with Crippen LogP contribution in [0.2, 0.25) is 5.02 Å². The quantitative estimate of drug-likeness (QED) is 0.488. The zero-order chi connectivity index (χ0) is 21.6. The summed E-state index contributed by atoms with van der Waals surface area (Å²) >= 11 is 5.92. The van der Waals surface area contributed by atoms with Crippen LogP contribution in [0.4, 0.5) is 0 Å². The van der Waals surface area contributed by atoms with Crippen LogP contribution in [0.1, 0.15) is 63.8 Å². The van der Waals surface area contributed by atoms with Crippen molar-refractivity contribution >= 4 is 29.5 Å². The van der Waals surface area contributed by atoms with E-state index in [4.69, 9.17) is 16.3 Å². The Labute approximate surface area is 176 Å². The molecule has 3 rings (SSSR count). The van der Waals surface area contributed by atoms with Gasteiger partial charge in [0, 0.05) is 21.7 Å². The van der Waals surface area contributed by atoms with Gasteiger partial charge in [0.1, 0.15) is 5.75 Å². The largest absolute Gasteiger partial charge is 0.507 e. The molecule has 0 bridgehead atoms. The molecule has 0 radical (unpaired) electrons. The van der Waals surface area contributed by atoms with Gasteiger partial charge in [-0.05, 0) is 58.9 Å². The average molecular weight is 412 g/mol. The molecular formula is C24H26ClNO3. The number of phenolic OH excluding ortho intramolecular Hbond substituents is 1. The summed E-state index contributed by atoms with van der Waals surface area (Å²) in [5.74, 6) is 0.0490. The van der Waals surface area contributed by atoms with E-state index in [0.717, 1.165) is 16.7 Å². The van der Waals surface area contributed by atoms with Gasteiger partial charge in [0.05, 0.1) is 0 Å². The summed E-state index contributed by atoms with van der Waals surface area (Å²) in [6.45, 7) is 12.3. The first kappa shape index (κ1) is 21.1. The maximum absolute atomic E-state index is 12.4. The first-order chi connectivity index (χ1) is 13.4. The Kier molecular flexibility index (Phi) is 5.35. The van der Waals surface area contributed by atoms with Crippen LogP contribution in [0.5, 0.6) is 5.75 Å². The van der Waals surface area contributed by atoms with Crippen molar-refractivity contribution in [1.29, 1.82) is 0 Å². The first-order valence-corrected chi connectivity index (χ1v) is 9.90. The zero-order valence-corrected chi connectivity index (χ0v) is 18.4. The number of phenols is 1. The molecule has 0 saturated heterocycles. The number of carbonyl (C=O) groups excluding carboxylic acids is 1. The Bertz CT molecular complexity index is 985. The highest BCUT2D eigenvalue weighted by atomic mass is 35.5. The highest BCUT2D eigenvalue weighted by molar-refractivity contribution is 6.30. The number of cyclic esters (lactones) is 1. The molecule has 0 unspecified atom stereocenters. The van der Waals surface area contributed by atoms with Crippen LogP contribution in [0.25, 0.3) is 6.08 Å². The van der Waals surface area contributed by atoms with Gasteiger partial charge in [-0.25, -0.2) is 9.79 Å². The third-order valence-electron chi connectivity index (χ3n) is 4.76. The number of halogens is 1. The number of esters is 1. The van der Waals surface area contributed by atoms with Crippen molar-refractivity contribution in [2.24, 2.45) is 4.99 Å². The third kappa shape index (κ3) is 4.54. The summed E-state index contributed by atoms with van der Waals surface area (Å²) in [5, 5.41) is 11.5. The van der Waals surface area contributed by atoms with E-state index < -0.39 is 5.97 Å². The zero-order valence-electron chi connectivity index (χ0n) is 17.6. The van der Waals surface area contributed by atoms with Gasteiger partial charge in [-0.3, -0.25) is 0 Å². The van der Waals surface area contributed by atoms with Crippen molar-refractivity contribution in [3.8, 4) is 5.75 Å². The lowest BCUT2D eigenvalue weighted by Gasteiger charge is -2.27. The molecule has 2 aromatic carbocycles. The highest BCUT2D eigenvalue weighted by Crippen LogP contribution is 2.40. The van der Waals surface area contributed by atoms with Crippen molar-refractivity contribution in [2.75, 3.05) is 0 Å². The van der Waals surface area contributed by atoms with Gasteiger partial charge in [-0.2, -0.15) is 0 Å². The number of aromatic hydroxyl groups is 1. The molecule has 1 heterocycles. The van der Waals surface area contributed by atoms with E-state index >= 15 is 0 Å². The third-order valence-corrected chi connectivity index (χ3v) is 5.02. The second-order valence-electron chi connectivity index (χ2n) is 9.31. The van der Waals surface area contributed by atoms with Crippen LogP contribution < -0.4 is 0 Å². The van der Waals surface area contributed by atoms with Gasteiger partial charge in [0.15, 0.2) is 5.70 Å². The standard InChI is InChI=1S/C24H26ClNO3/c1-23(2,3)17-11-14(12-18(20(17)27)24(4,5)6)13-19-22(28)29-21(26-19)15-7-9-16(25)10-8-15/h7-13,27H,1-6H3. The molecule has 4 nitrogen and oxygen atoms in total. The topological polar surface area (TPSA) is 58.9 Å². The highest BCUT2D eigenvalue weighted by Gasteiger charge is 2.28. The van der Waals surface area contributed by atoms with Gasteiger partial charge in [0.25, 0.3) is 0 Å². The predicted octanol–water partition coefficient (Wildman–Crippen LogP) is 5.99. The average Bonchev–Trinajstić information content (AvgIpc) is 2.95. The number of ether oxygens (including phenoxy) is 1. The van der Waals surface area contributed by atoms with Gasteiger partial charge >= 0.3 is 5.97 Å². The molecule has 2 aromatic rings. The van der Waals surface area contributed by atoms with Crippen molar-refractivity contribution < 1.29 is 14.6 Å². The Morgan fingerprint density at radius 2 is 1.48 bits per heavy atom. The SMILES string of the molecule is CC(C)(C)c1cc(C=C2N=C(c3ccc(Cl)cc3)OC2=O)cc(C(C)(C)C)c1O. The predicted molar refractivity (Wildman–Crippen MR) is 118 cm³/mol. The molecule has 0 fully saturated rings. The summed E-state index contributed by atoms with van der Waals surface area (Å²) < 4.78 is 5.34. The fraction of sp³-hybridized carbons (Fsp3) is 0.333. The minimum atomic E-state index is -0.502. The molecule has 0 atom stereocenters. The Balaban J connectivity index is 2.09. The molecule has 1 aliphatic rings. The number of rotatable bonds is 2. The number of nitrogens with zero attached hydrogens (tertiary/aromatic N) is 1. The van der Waals surface area contributed by atoms with Gasteiger partial charge in [-0.1, -0.05) is 53.1 Å². The molecular weight excluding hydrogens is 386 g/mol. The molecule has 0 aromatic heterocycles. The minimum absolute atomic E-state index is 0.223.